The lowest BCUT2D eigenvalue weighted by molar-refractivity contribution is -0.307. The minimum atomic E-state index is -3.97. The molecule has 0 aliphatic carbocycles. The van der Waals surface area contributed by atoms with Crippen molar-refractivity contribution in [3.05, 3.63) is 65.7 Å². The van der Waals surface area contributed by atoms with E-state index in [-0.39, 0.29) is 16.2 Å². The first-order valence-electron chi connectivity index (χ1n) is 10.5. The van der Waals surface area contributed by atoms with Crippen molar-refractivity contribution in [3.63, 3.8) is 0 Å². The largest absolute Gasteiger partial charge is 0.359 e. The Morgan fingerprint density at radius 2 is 1.77 bits per heavy atom. The average molecular weight is 465 g/mol. The molecule has 0 spiro atoms. The van der Waals surface area contributed by atoms with Crippen LogP contribution in [0.25, 0.3) is 0 Å². The SMILES string of the molecule is CCSC1OC2COC(c3ccccc3)O[C@H]2[C@H](OS(=O)(=O)c2ccc(C)cc2)[C@@H]1C. The van der Waals surface area contributed by atoms with E-state index in [0.717, 1.165) is 16.9 Å². The molecule has 0 aromatic heterocycles. The maximum Gasteiger partial charge on any atom is 0.297 e. The Balaban J connectivity index is 1.61. The minimum absolute atomic E-state index is 0.139. The summed E-state index contributed by atoms with van der Waals surface area (Å²) in [5.74, 6) is 0.652. The Bertz CT molecular complexity index is 963. The van der Waals surface area contributed by atoms with Crippen LogP contribution in [0.15, 0.2) is 59.5 Å². The monoisotopic (exact) mass is 464 g/mol. The number of rotatable bonds is 6. The smallest absolute Gasteiger partial charge is 0.297 e. The van der Waals surface area contributed by atoms with Crippen molar-refractivity contribution in [3.8, 4) is 0 Å². The summed E-state index contributed by atoms with van der Waals surface area (Å²) >= 11 is 1.63. The quantitative estimate of drug-likeness (QED) is 0.591. The van der Waals surface area contributed by atoms with Crippen LogP contribution in [-0.2, 0) is 28.5 Å². The van der Waals surface area contributed by atoms with Crippen LogP contribution in [0.1, 0.15) is 31.3 Å². The Morgan fingerprint density at radius 1 is 1.06 bits per heavy atom. The molecule has 8 heteroatoms. The van der Waals surface area contributed by atoms with Crippen molar-refractivity contribution in [2.45, 2.75) is 55.7 Å². The molecule has 2 aromatic rings. The molecule has 168 valence electrons. The van der Waals surface area contributed by atoms with Crippen LogP contribution in [0.5, 0.6) is 0 Å². The lowest BCUT2D eigenvalue weighted by atomic mass is 9.93. The number of hydrogen-bond donors (Lipinski definition) is 0. The summed E-state index contributed by atoms with van der Waals surface area (Å²) in [6.07, 6.45) is -2.26. The molecule has 31 heavy (non-hydrogen) atoms. The fourth-order valence-corrected chi connectivity index (χ4v) is 6.06. The van der Waals surface area contributed by atoms with Crippen molar-refractivity contribution in [1.82, 2.24) is 0 Å². The van der Waals surface area contributed by atoms with Crippen LogP contribution in [0, 0.1) is 12.8 Å². The zero-order chi connectivity index (χ0) is 22.0. The third-order valence-corrected chi connectivity index (χ3v) is 8.12. The van der Waals surface area contributed by atoms with Gasteiger partial charge in [-0.1, -0.05) is 61.9 Å². The van der Waals surface area contributed by atoms with Gasteiger partial charge in [-0.3, -0.25) is 4.18 Å². The molecule has 2 saturated heterocycles. The van der Waals surface area contributed by atoms with Crippen molar-refractivity contribution in [2.75, 3.05) is 12.4 Å². The van der Waals surface area contributed by atoms with Crippen molar-refractivity contribution in [2.24, 2.45) is 5.92 Å². The molecule has 3 unspecified atom stereocenters. The predicted octanol–water partition coefficient (Wildman–Crippen LogP) is 4.30. The summed E-state index contributed by atoms with van der Waals surface area (Å²) in [5, 5.41) is 0. The van der Waals surface area contributed by atoms with E-state index >= 15 is 0 Å². The van der Waals surface area contributed by atoms with Gasteiger partial charge in [-0.05, 0) is 24.8 Å². The van der Waals surface area contributed by atoms with Gasteiger partial charge in [-0.2, -0.15) is 8.42 Å². The molecule has 0 amide bonds. The Hall–Kier alpha value is -1.42. The zero-order valence-corrected chi connectivity index (χ0v) is 19.5. The maximum atomic E-state index is 13.1. The van der Waals surface area contributed by atoms with Gasteiger partial charge in [0.15, 0.2) is 6.29 Å². The second-order valence-electron chi connectivity index (χ2n) is 7.86. The van der Waals surface area contributed by atoms with E-state index in [9.17, 15) is 8.42 Å². The van der Waals surface area contributed by atoms with Gasteiger partial charge in [-0.25, -0.2) is 0 Å². The van der Waals surface area contributed by atoms with Gasteiger partial charge in [0.1, 0.15) is 23.7 Å². The highest BCUT2D eigenvalue weighted by atomic mass is 32.2. The van der Waals surface area contributed by atoms with Crippen LogP contribution in [0.4, 0.5) is 0 Å². The summed E-state index contributed by atoms with van der Waals surface area (Å²) in [6.45, 7) is 6.22. The Labute approximate surface area is 188 Å². The van der Waals surface area contributed by atoms with E-state index in [1.54, 1.807) is 36.0 Å². The molecule has 6 nitrogen and oxygen atoms in total. The summed E-state index contributed by atoms with van der Waals surface area (Å²) in [6, 6.07) is 16.3. The van der Waals surface area contributed by atoms with E-state index in [0.29, 0.717) is 6.61 Å². The predicted molar refractivity (Wildman–Crippen MR) is 119 cm³/mol. The molecule has 4 rings (SSSR count). The van der Waals surface area contributed by atoms with Crippen LogP contribution in [-0.4, -0.2) is 44.5 Å². The molecule has 2 aromatic carbocycles. The molecule has 0 bridgehead atoms. The number of ether oxygens (including phenoxy) is 3. The first-order valence-corrected chi connectivity index (χ1v) is 12.9. The zero-order valence-electron chi connectivity index (χ0n) is 17.8. The van der Waals surface area contributed by atoms with Crippen molar-refractivity contribution < 1.29 is 26.8 Å². The van der Waals surface area contributed by atoms with E-state index in [1.807, 2.05) is 51.1 Å². The number of hydrogen-bond acceptors (Lipinski definition) is 7. The summed E-state index contributed by atoms with van der Waals surface area (Å²) < 4.78 is 50.4. The second kappa shape index (κ2) is 9.60. The molecule has 0 radical (unpaired) electrons. The lowest BCUT2D eigenvalue weighted by Crippen LogP contribution is -2.59. The van der Waals surface area contributed by atoms with Gasteiger partial charge >= 0.3 is 0 Å². The maximum absolute atomic E-state index is 13.1. The molecule has 2 heterocycles. The second-order valence-corrected chi connectivity index (χ2v) is 10.8. The fourth-order valence-electron chi connectivity index (χ4n) is 3.89. The third-order valence-electron chi connectivity index (χ3n) is 5.59. The van der Waals surface area contributed by atoms with Crippen LogP contribution < -0.4 is 0 Å². The van der Waals surface area contributed by atoms with E-state index in [1.165, 1.54) is 0 Å². The van der Waals surface area contributed by atoms with Gasteiger partial charge < -0.3 is 14.2 Å². The number of fused-ring (bicyclic) bond motifs is 1. The van der Waals surface area contributed by atoms with Crippen LogP contribution >= 0.6 is 11.8 Å². The Kier molecular flexibility index (Phi) is 7.05. The molecule has 0 N–H and O–H groups in total. The van der Waals surface area contributed by atoms with Gasteiger partial charge in [0, 0.05) is 11.5 Å². The normalized spacial score (nSPS) is 31.2. The first-order chi connectivity index (χ1) is 14.9. The summed E-state index contributed by atoms with van der Waals surface area (Å²) in [5.41, 5.74) is 1.65. The van der Waals surface area contributed by atoms with Crippen LogP contribution in [0.3, 0.4) is 0 Å². The average Bonchev–Trinajstić information content (AvgIpc) is 2.77. The number of benzene rings is 2. The van der Waals surface area contributed by atoms with Gasteiger partial charge in [-0.15, -0.1) is 11.8 Å². The van der Waals surface area contributed by atoms with E-state index in [2.05, 4.69) is 0 Å². The highest BCUT2D eigenvalue weighted by Crippen LogP contribution is 2.41. The lowest BCUT2D eigenvalue weighted by Gasteiger charge is -2.48. The molecule has 2 fully saturated rings. The molecular formula is C23H28O6S2. The molecular weight excluding hydrogens is 436 g/mol. The van der Waals surface area contributed by atoms with E-state index < -0.39 is 34.7 Å². The summed E-state index contributed by atoms with van der Waals surface area (Å²) in [7, 11) is -3.97. The number of thioether (sulfide) groups is 1. The van der Waals surface area contributed by atoms with Gasteiger partial charge in [0.25, 0.3) is 10.1 Å². The number of aryl methyl sites for hydroxylation is 1. The topological polar surface area (TPSA) is 71.1 Å². The third kappa shape index (κ3) is 4.99. The summed E-state index contributed by atoms with van der Waals surface area (Å²) in [4.78, 5) is 0.139. The molecule has 2 aliphatic rings. The molecule has 6 atom stereocenters. The molecule has 0 saturated carbocycles. The van der Waals surface area contributed by atoms with Crippen LogP contribution in [0.2, 0.25) is 0 Å². The fraction of sp³-hybridized carbons (Fsp3) is 0.478. The molecule has 2 aliphatic heterocycles. The minimum Gasteiger partial charge on any atom is -0.359 e. The van der Waals surface area contributed by atoms with Crippen molar-refractivity contribution >= 4 is 21.9 Å². The highest BCUT2D eigenvalue weighted by molar-refractivity contribution is 7.99. The van der Waals surface area contributed by atoms with Gasteiger partial charge in [0.2, 0.25) is 0 Å². The first kappa shape index (κ1) is 22.8. The highest BCUT2D eigenvalue weighted by Gasteiger charge is 2.50. The van der Waals surface area contributed by atoms with Crippen molar-refractivity contribution in [1.29, 1.82) is 0 Å². The van der Waals surface area contributed by atoms with E-state index in [4.69, 9.17) is 18.4 Å². The van der Waals surface area contributed by atoms with Gasteiger partial charge in [0.05, 0.1) is 11.5 Å². The Morgan fingerprint density at radius 3 is 2.45 bits per heavy atom. The standard InChI is InChI=1S/C23H28O6S2/c1-4-30-23-16(3)20(29-31(24,25)18-12-10-15(2)11-13-18)21-19(27-23)14-26-22(28-21)17-8-6-5-7-9-17/h5-13,16,19-23H,4,14H2,1-3H3/t16-,19?,20+,21+,22?,23?/m0/s1.